The van der Waals surface area contributed by atoms with Crippen LogP contribution in [0.4, 0.5) is 0 Å². The van der Waals surface area contributed by atoms with Crippen molar-refractivity contribution in [2.24, 2.45) is 0 Å². The lowest BCUT2D eigenvalue weighted by Gasteiger charge is -2.29. The molecule has 132 valence electrons. The number of ketones is 1. The second-order valence-electron chi connectivity index (χ2n) is 5.41. The third kappa shape index (κ3) is 3.11. The molecule has 0 bridgehead atoms. The van der Waals surface area contributed by atoms with E-state index in [0.717, 1.165) is 11.3 Å². The summed E-state index contributed by atoms with van der Waals surface area (Å²) in [5, 5.41) is 0. The van der Waals surface area contributed by atoms with Gasteiger partial charge in [0.1, 0.15) is 26.4 Å². The number of benzene rings is 2. The minimum absolute atomic E-state index is 0.0528. The summed E-state index contributed by atoms with van der Waals surface area (Å²) < 4.78 is 23.3. The van der Waals surface area contributed by atoms with Gasteiger partial charge >= 0.3 is 0 Å². The zero-order chi connectivity index (χ0) is 18.1. The number of hydrogen-bond acceptors (Lipinski definition) is 5. The van der Waals surface area contributed by atoms with Gasteiger partial charge in [0, 0.05) is 0 Å². The van der Waals surface area contributed by atoms with Gasteiger partial charge in [-0.2, -0.15) is 0 Å². The monoisotopic (exact) mass is 470 g/mol. The molecule has 2 aromatic carbocycles. The number of carbonyl (C=O) groups is 1. The third-order valence-corrected chi connectivity index (χ3v) is 5.50. The van der Waals surface area contributed by atoms with Crippen LogP contribution in [0.1, 0.15) is 28.4 Å². The Kier molecular flexibility index (Phi) is 5.24. The number of Topliss-reactive ketones (excluding diaryl/α,β-unsaturated/α-hetero) is 1. The Morgan fingerprint density at radius 3 is 2.16 bits per heavy atom. The second kappa shape index (κ2) is 7.25. The number of fused-ring (bicyclic) bond motifs is 1. The average molecular weight is 472 g/mol. The fourth-order valence-electron chi connectivity index (χ4n) is 2.82. The van der Waals surface area contributed by atoms with Crippen molar-refractivity contribution in [3.05, 3.63) is 44.3 Å². The first-order valence-corrected chi connectivity index (χ1v) is 9.07. The largest absolute Gasteiger partial charge is 0.497 e. The minimum atomic E-state index is -0.391. The van der Waals surface area contributed by atoms with Gasteiger partial charge in [0.25, 0.3) is 0 Å². The van der Waals surface area contributed by atoms with Crippen molar-refractivity contribution in [3.63, 3.8) is 0 Å². The molecule has 1 heterocycles. The molecule has 0 amide bonds. The van der Waals surface area contributed by atoms with Gasteiger partial charge in [0.15, 0.2) is 23.0 Å². The van der Waals surface area contributed by atoms with E-state index in [2.05, 4.69) is 31.9 Å². The Bertz CT molecular complexity index is 817. The first-order valence-electron chi connectivity index (χ1n) is 7.48. The van der Waals surface area contributed by atoms with Crippen molar-refractivity contribution < 1.29 is 23.7 Å². The molecule has 0 saturated heterocycles. The SMILES string of the molecule is COc1ccc(C2CC(=O)c3c(OC)c(Br)c(OC)c(Br)c3O2)cc1. The van der Waals surface area contributed by atoms with Crippen LogP contribution in [-0.2, 0) is 0 Å². The summed E-state index contributed by atoms with van der Waals surface area (Å²) in [6.07, 6.45) is -0.168. The highest BCUT2D eigenvalue weighted by Gasteiger charge is 2.35. The summed E-state index contributed by atoms with van der Waals surface area (Å²) in [6.45, 7) is 0. The molecule has 2 aromatic rings. The molecule has 3 rings (SSSR count). The molecule has 0 aliphatic carbocycles. The zero-order valence-corrected chi connectivity index (χ0v) is 17.1. The Labute approximate surface area is 162 Å². The summed E-state index contributed by atoms with van der Waals surface area (Å²) in [4.78, 5) is 12.8. The van der Waals surface area contributed by atoms with Crippen molar-refractivity contribution in [3.8, 4) is 23.0 Å². The summed E-state index contributed by atoms with van der Waals surface area (Å²) in [5.41, 5.74) is 1.30. The molecule has 0 aromatic heterocycles. The summed E-state index contributed by atoms with van der Waals surface area (Å²) >= 11 is 6.92. The molecule has 7 heteroatoms. The maximum Gasteiger partial charge on any atom is 0.174 e. The topological polar surface area (TPSA) is 54.0 Å². The average Bonchev–Trinajstić information content (AvgIpc) is 2.63. The predicted molar refractivity (Wildman–Crippen MR) is 100 cm³/mol. The Morgan fingerprint density at radius 2 is 1.60 bits per heavy atom. The summed E-state index contributed by atoms with van der Waals surface area (Å²) in [5.74, 6) is 2.05. The van der Waals surface area contributed by atoms with Crippen LogP contribution in [0.15, 0.2) is 33.2 Å². The fraction of sp³-hybridized carbons (Fsp3) is 0.278. The molecule has 0 saturated carbocycles. The number of carbonyl (C=O) groups excluding carboxylic acids is 1. The lowest BCUT2D eigenvalue weighted by Crippen LogP contribution is -2.22. The van der Waals surface area contributed by atoms with E-state index in [1.807, 2.05) is 24.3 Å². The summed E-state index contributed by atoms with van der Waals surface area (Å²) in [6, 6.07) is 7.47. The van der Waals surface area contributed by atoms with E-state index in [1.165, 1.54) is 7.11 Å². The molecular weight excluding hydrogens is 456 g/mol. The number of methoxy groups -OCH3 is 3. The molecule has 0 radical (unpaired) electrons. The zero-order valence-electron chi connectivity index (χ0n) is 13.9. The molecule has 1 aliphatic rings. The molecule has 5 nitrogen and oxygen atoms in total. The molecule has 0 spiro atoms. The highest BCUT2D eigenvalue weighted by molar-refractivity contribution is 9.11. The van der Waals surface area contributed by atoms with Crippen molar-refractivity contribution in [1.82, 2.24) is 0 Å². The van der Waals surface area contributed by atoms with Gasteiger partial charge < -0.3 is 18.9 Å². The molecule has 1 aliphatic heterocycles. The van der Waals surface area contributed by atoms with Crippen LogP contribution in [0.2, 0.25) is 0 Å². The lowest BCUT2D eigenvalue weighted by molar-refractivity contribution is 0.0842. The normalized spacial score (nSPS) is 16.0. The maximum absolute atomic E-state index is 12.8. The van der Waals surface area contributed by atoms with Gasteiger partial charge in [-0.15, -0.1) is 0 Å². The Hall–Kier alpha value is -1.73. The van der Waals surface area contributed by atoms with Crippen molar-refractivity contribution in [2.45, 2.75) is 12.5 Å². The quantitative estimate of drug-likeness (QED) is 0.631. The van der Waals surface area contributed by atoms with E-state index >= 15 is 0 Å². The van der Waals surface area contributed by atoms with Crippen molar-refractivity contribution >= 4 is 37.6 Å². The van der Waals surface area contributed by atoms with Crippen LogP contribution in [0, 0.1) is 0 Å². The predicted octanol–water partition coefficient (Wildman–Crippen LogP) is 4.94. The van der Waals surface area contributed by atoms with Gasteiger partial charge in [-0.1, -0.05) is 12.1 Å². The third-order valence-electron chi connectivity index (χ3n) is 4.06. The van der Waals surface area contributed by atoms with E-state index in [4.69, 9.17) is 18.9 Å². The van der Waals surface area contributed by atoms with Crippen LogP contribution in [0.3, 0.4) is 0 Å². The first kappa shape index (κ1) is 18.1. The number of ether oxygens (including phenoxy) is 4. The Balaban J connectivity index is 2.08. The van der Waals surface area contributed by atoms with E-state index < -0.39 is 6.10 Å². The number of hydrogen-bond donors (Lipinski definition) is 0. The molecule has 25 heavy (non-hydrogen) atoms. The summed E-state index contributed by atoms with van der Waals surface area (Å²) in [7, 11) is 4.66. The van der Waals surface area contributed by atoms with Crippen LogP contribution < -0.4 is 18.9 Å². The van der Waals surface area contributed by atoms with Gasteiger partial charge in [0.05, 0.1) is 27.8 Å². The molecule has 0 N–H and O–H groups in total. The molecule has 1 atom stereocenters. The van der Waals surface area contributed by atoms with E-state index in [9.17, 15) is 4.79 Å². The molecule has 1 unspecified atom stereocenters. The fourth-order valence-corrected chi connectivity index (χ4v) is 4.46. The van der Waals surface area contributed by atoms with Crippen LogP contribution in [0.25, 0.3) is 0 Å². The smallest absolute Gasteiger partial charge is 0.174 e. The maximum atomic E-state index is 12.8. The van der Waals surface area contributed by atoms with Gasteiger partial charge in [-0.05, 0) is 49.6 Å². The van der Waals surface area contributed by atoms with Crippen LogP contribution in [-0.4, -0.2) is 27.1 Å². The number of halogens is 2. The standard InChI is InChI=1S/C18H16Br2O5/c1-22-10-6-4-9(5-7-10)12-8-11(21)13-16(23-2)14(19)18(24-3)15(20)17(13)25-12/h4-7,12H,8H2,1-3H3. The van der Waals surface area contributed by atoms with Crippen molar-refractivity contribution in [2.75, 3.05) is 21.3 Å². The lowest BCUT2D eigenvalue weighted by atomic mass is 9.95. The molecule has 0 fully saturated rings. The van der Waals surface area contributed by atoms with Crippen LogP contribution >= 0.6 is 31.9 Å². The first-order chi connectivity index (χ1) is 12.0. The van der Waals surface area contributed by atoms with Crippen molar-refractivity contribution in [1.29, 1.82) is 0 Å². The highest BCUT2D eigenvalue weighted by Crippen LogP contribution is 2.53. The van der Waals surface area contributed by atoms with Gasteiger partial charge in [-0.25, -0.2) is 0 Å². The van der Waals surface area contributed by atoms with E-state index in [0.29, 0.717) is 31.8 Å². The second-order valence-corrected chi connectivity index (χ2v) is 6.99. The van der Waals surface area contributed by atoms with Gasteiger partial charge in [0.2, 0.25) is 0 Å². The van der Waals surface area contributed by atoms with Crippen LogP contribution in [0.5, 0.6) is 23.0 Å². The molecular formula is C18H16Br2O5. The van der Waals surface area contributed by atoms with E-state index in [1.54, 1.807) is 14.2 Å². The Morgan fingerprint density at radius 1 is 0.960 bits per heavy atom. The van der Waals surface area contributed by atoms with E-state index in [-0.39, 0.29) is 12.2 Å². The minimum Gasteiger partial charge on any atom is -0.497 e. The number of rotatable bonds is 4. The van der Waals surface area contributed by atoms with Gasteiger partial charge in [-0.3, -0.25) is 4.79 Å². The highest BCUT2D eigenvalue weighted by atomic mass is 79.9.